The van der Waals surface area contributed by atoms with Gasteiger partial charge >= 0.3 is 0 Å². The van der Waals surface area contributed by atoms with E-state index in [0.717, 1.165) is 35.2 Å². The molecule has 0 radical (unpaired) electrons. The molecule has 7 heteroatoms. The maximum atomic E-state index is 12.6. The van der Waals surface area contributed by atoms with Crippen molar-refractivity contribution in [1.82, 2.24) is 4.98 Å². The van der Waals surface area contributed by atoms with Crippen LogP contribution < -0.4 is 10.6 Å². The molecular weight excluding hydrogens is 398 g/mol. The van der Waals surface area contributed by atoms with Gasteiger partial charge in [-0.05, 0) is 36.6 Å². The Morgan fingerprint density at radius 1 is 1.07 bits per heavy atom. The zero-order valence-corrected chi connectivity index (χ0v) is 16.9. The Labute approximate surface area is 176 Å². The standard InChI is InChI=1S/C23H19N3O3S/c27-21(15-7-8-15)24-16-9-5-14(6-10-16)11-17-13-30-23(25-17)26-22(28)19-12-29-20-4-2-1-3-18(19)20/h1-6,9-10,12-13,15H,7-8,11H2,(H,24,27)(H,25,26,28). The highest BCUT2D eigenvalue weighted by Crippen LogP contribution is 2.30. The van der Waals surface area contributed by atoms with Gasteiger partial charge in [-0.25, -0.2) is 4.98 Å². The van der Waals surface area contributed by atoms with E-state index in [4.69, 9.17) is 4.42 Å². The number of anilines is 2. The van der Waals surface area contributed by atoms with Crippen LogP contribution in [0.4, 0.5) is 10.8 Å². The van der Waals surface area contributed by atoms with Crippen LogP contribution in [0.5, 0.6) is 0 Å². The van der Waals surface area contributed by atoms with Crippen molar-refractivity contribution < 1.29 is 14.0 Å². The normalized spacial score (nSPS) is 13.3. The molecule has 0 atom stereocenters. The molecule has 2 amide bonds. The van der Waals surface area contributed by atoms with Crippen LogP contribution in [0, 0.1) is 5.92 Å². The summed E-state index contributed by atoms with van der Waals surface area (Å²) in [6, 6.07) is 15.2. The first kappa shape index (κ1) is 18.6. The summed E-state index contributed by atoms with van der Waals surface area (Å²) >= 11 is 1.39. The highest BCUT2D eigenvalue weighted by atomic mass is 32.1. The second kappa shape index (κ2) is 7.76. The van der Waals surface area contributed by atoms with Gasteiger partial charge in [0.25, 0.3) is 5.91 Å². The first-order valence-electron chi connectivity index (χ1n) is 9.77. The molecule has 1 aliphatic rings. The molecule has 0 unspecified atom stereocenters. The molecule has 4 aromatic rings. The molecular formula is C23H19N3O3S. The number of benzene rings is 2. The summed E-state index contributed by atoms with van der Waals surface area (Å²) in [5.74, 6) is 0.0537. The maximum absolute atomic E-state index is 12.6. The predicted molar refractivity (Wildman–Crippen MR) is 117 cm³/mol. The van der Waals surface area contributed by atoms with Gasteiger partial charge < -0.3 is 9.73 Å². The third-order valence-corrected chi connectivity index (χ3v) is 5.86. The van der Waals surface area contributed by atoms with E-state index in [1.54, 1.807) is 0 Å². The van der Waals surface area contributed by atoms with Crippen molar-refractivity contribution in [3.63, 3.8) is 0 Å². The second-order valence-corrected chi connectivity index (χ2v) is 8.24. The smallest absolute Gasteiger partial charge is 0.261 e. The van der Waals surface area contributed by atoms with Gasteiger partial charge in [-0.15, -0.1) is 11.3 Å². The third-order valence-electron chi connectivity index (χ3n) is 5.05. The fourth-order valence-corrected chi connectivity index (χ4v) is 3.97. The third kappa shape index (κ3) is 3.97. The highest BCUT2D eigenvalue weighted by Gasteiger charge is 2.29. The van der Waals surface area contributed by atoms with E-state index >= 15 is 0 Å². The van der Waals surface area contributed by atoms with Crippen LogP contribution in [-0.2, 0) is 11.2 Å². The number of amides is 2. The lowest BCUT2D eigenvalue weighted by molar-refractivity contribution is -0.117. The van der Waals surface area contributed by atoms with E-state index < -0.39 is 0 Å². The van der Waals surface area contributed by atoms with Crippen molar-refractivity contribution in [3.8, 4) is 0 Å². The van der Waals surface area contributed by atoms with Crippen LogP contribution >= 0.6 is 11.3 Å². The molecule has 2 heterocycles. The zero-order valence-electron chi connectivity index (χ0n) is 16.1. The van der Waals surface area contributed by atoms with Crippen LogP contribution in [0.25, 0.3) is 11.0 Å². The molecule has 6 nitrogen and oxygen atoms in total. The first-order valence-corrected chi connectivity index (χ1v) is 10.7. The molecule has 30 heavy (non-hydrogen) atoms. The van der Waals surface area contributed by atoms with Gasteiger partial charge in [0.1, 0.15) is 11.8 Å². The number of nitrogens with zero attached hydrogens (tertiary/aromatic N) is 1. The fraction of sp³-hybridized carbons (Fsp3) is 0.174. The van der Waals surface area contributed by atoms with Crippen molar-refractivity contribution in [2.24, 2.45) is 5.92 Å². The molecule has 2 N–H and O–H groups in total. The molecule has 1 saturated carbocycles. The van der Waals surface area contributed by atoms with Gasteiger partial charge in [-0.3, -0.25) is 14.9 Å². The summed E-state index contributed by atoms with van der Waals surface area (Å²) in [6.45, 7) is 0. The average molecular weight is 417 g/mol. The summed E-state index contributed by atoms with van der Waals surface area (Å²) in [6.07, 6.45) is 4.10. The number of aromatic nitrogens is 1. The van der Waals surface area contributed by atoms with E-state index in [2.05, 4.69) is 15.6 Å². The largest absolute Gasteiger partial charge is 0.463 e. The minimum atomic E-state index is -0.239. The zero-order chi connectivity index (χ0) is 20.5. The van der Waals surface area contributed by atoms with Crippen molar-refractivity contribution in [2.45, 2.75) is 19.3 Å². The lowest BCUT2D eigenvalue weighted by Gasteiger charge is -2.05. The van der Waals surface area contributed by atoms with Gasteiger partial charge in [0, 0.05) is 28.8 Å². The number of carbonyl (C=O) groups excluding carboxylic acids is 2. The minimum Gasteiger partial charge on any atom is -0.463 e. The second-order valence-electron chi connectivity index (χ2n) is 7.38. The number of hydrogen-bond donors (Lipinski definition) is 2. The topological polar surface area (TPSA) is 84.2 Å². The molecule has 2 aromatic heterocycles. The summed E-state index contributed by atoms with van der Waals surface area (Å²) < 4.78 is 5.44. The lowest BCUT2D eigenvalue weighted by atomic mass is 10.1. The van der Waals surface area contributed by atoms with Crippen LogP contribution in [0.2, 0.25) is 0 Å². The summed E-state index contributed by atoms with van der Waals surface area (Å²) in [7, 11) is 0. The molecule has 150 valence electrons. The number of fused-ring (bicyclic) bond motifs is 1. The highest BCUT2D eigenvalue weighted by molar-refractivity contribution is 7.14. The maximum Gasteiger partial charge on any atom is 0.261 e. The molecule has 1 fully saturated rings. The Bertz CT molecular complexity index is 1220. The van der Waals surface area contributed by atoms with Gasteiger partial charge in [0.05, 0.1) is 11.3 Å². The number of hydrogen-bond acceptors (Lipinski definition) is 5. The predicted octanol–water partition coefficient (Wildman–Crippen LogP) is 5.08. The molecule has 0 saturated heterocycles. The minimum absolute atomic E-state index is 0.105. The number of carbonyl (C=O) groups is 2. The Morgan fingerprint density at radius 2 is 1.87 bits per heavy atom. The van der Waals surface area contributed by atoms with E-state index in [-0.39, 0.29) is 17.7 Å². The van der Waals surface area contributed by atoms with Crippen molar-refractivity contribution in [3.05, 3.63) is 77.0 Å². The summed E-state index contributed by atoms with van der Waals surface area (Å²) in [5.41, 5.74) is 3.95. The SMILES string of the molecule is O=C(Nc1nc(Cc2ccc(NC(=O)C3CC3)cc2)cs1)c1coc2ccccc12. The van der Waals surface area contributed by atoms with Gasteiger partial charge in [-0.2, -0.15) is 0 Å². The van der Waals surface area contributed by atoms with Crippen molar-refractivity contribution in [1.29, 1.82) is 0 Å². The monoisotopic (exact) mass is 417 g/mol. The Kier molecular flexibility index (Phi) is 4.80. The fourth-order valence-electron chi connectivity index (χ4n) is 3.27. The van der Waals surface area contributed by atoms with Crippen molar-refractivity contribution >= 4 is 44.9 Å². The first-order chi connectivity index (χ1) is 14.7. The van der Waals surface area contributed by atoms with E-state index in [1.165, 1.54) is 17.6 Å². The van der Waals surface area contributed by atoms with Crippen LogP contribution in [0.3, 0.4) is 0 Å². The van der Waals surface area contributed by atoms with Crippen LogP contribution in [-0.4, -0.2) is 16.8 Å². The van der Waals surface area contributed by atoms with E-state index in [0.29, 0.717) is 22.7 Å². The van der Waals surface area contributed by atoms with Gasteiger partial charge in [0.2, 0.25) is 5.91 Å². The summed E-state index contributed by atoms with van der Waals surface area (Å²) in [4.78, 5) is 29.0. The van der Waals surface area contributed by atoms with Gasteiger partial charge in [0.15, 0.2) is 5.13 Å². The number of rotatable bonds is 6. The van der Waals surface area contributed by atoms with Crippen molar-refractivity contribution in [2.75, 3.05) is 10.6 Å². The van der Waals surface area contributed by atoms with Crippen LogP contribution in [0.15, 0.2) is 64.6 Å². The Balaban J connectivity index is 1.22. The quantitative estimate of drug-likeness (QED) is 0.458. The van der Waals surface area contributed by atoms with E-state index in [9.17, 15) is 9.59 Å². The Morgan fingerprint density at radius 3 is 2.67 bits per heavy atom. The molecule has 0 spiro atoms. The number of furan rings is 1. The number of nitrogens with one attached hydrogen (secondary N) is 2. The Hall–Kier alpha value is -3.45. The average Bonchev–Trinajstić information content (AvgIpc) is 3.38. The molecule has 2 aromatic carbocycles. The number of para-hydroxylation sites is 1. The summed E-state index contributed by atoms with van der Waals surface area (Å²) in [5, 5.41) is 9.05. The number of thiazole rings is 1. The van der Waals surface area contributed by atoms with Gasteiger partial charge in [-0.1, -0.05) is 30.3 Å². The van der Waals surface area contributed by atoms with E-state index in [1.807, 2.05) is 53.9 Å². The lowest BCUT2D eigenvalue weighted by Crippen LogP contribution is -2.13. The molecule has 5 rings (SSSR count). The molecule has 1 aliphatic carbocycles. The molecule has 0 aliphatic heterocycles. The molecule has 0 bridgehead atoms. The van der Waals surface area contributed by atoms with Crippen LogP contribution in [0.1, 0.15) is 34.5 Å².